The molecule has 1 aromatic heterocycles. The zero-order valence-electron chi connectivity index (χ0n) is 11.5. The average molecular weight is 282 g/mol. The summed E-state index contributed by atoms with van der Waals surface area (Å²) in [4.78, 5) is 5.16. The van der Waals surface area contributed by atoms with Gasteiger partial charge in [0.25, 0.3) is 0 Å². The van der Waals surface area contributed by atoms with E-state index in [2.05, 4.69) is 9.88 Å². The molecule has 0 saturated heterocycles. The number of hydrogen-bond acceptors (Lipinski definition) is 1. The number of hydrogen-bond donors (Lipinski definition) is 1. The lowest BCUT2D eigenvalue weighted by atomic mass is 9.90. The van der Waals surface area contributed by atoms with E-state index < -0.39 is 11.7 Å². The summed E-state index contributed by atoms with van der Waals surface area (Å²) in [7, 11) is 4.04. The molecule has 0 unspecified atom stereocenters. The topological polar surface area (TPSA) is 19.0 Å². The van der Waals surface area contributed by atoms with Gasteiger partial charge in [0.1, 0.15) is 0 Å². The van der Waals surface area contributed by atoms with Crippen LogP contribution in [0.5, 0.6) is 0 Å². The molecular formula is C15H17F3N2. The molecule has 1 aliphatic carbocycles. The van der Waals surface area contributed by atoms with E-state index in [1.54, 1.807) is 6.07 Å². The van der Waals surface area contributed by atoms with Crippen molar-refractivity contribution in [3.63, 3.8) is 0 Å². The Hall–Kier alpha value is -1.49. The van der Waals surface area contributed by atoms with Gasteiger partial charge in [-0.2, -0.15) is 13.2 Å². The molecule has 2 nitrogen and oxygen atoms in total. The molecule has 1 aliphatic rings. The van der Waals surface area contributed by atoms with Gasteiger partial charge in [-0.25, -0.2) is 0 Å². The van der Waals surface area contributed by atoms with Crippen molar-refractivity contribution in [1.29, 1.82) is 0 Å². The lowest BCUT2D eigenvalue weighted by Gasteiger charge is -2.28. The molecule has 1 aromatic carbocycles. The van der Waals surface area contributed by atoms with Crippen molar-refractivity contribution < 1.29 is 13.2 Å². The zero-order valence-corrected chi connectivity index (χ0v) is 11.5. The lowest BCUT2D eigenvalue weighted by Crippen LogP contribution is -2.33. The first-order valence-corrected chi connectivity index (χ1v) is 6.74. The van der Waals surface area contributed by atoms with Gasteiger partial charge in [0.2, 0.25) is 0 Å². The number of aromatic nitrogens is 1. The molecule has 1 heterocycles. The summed E-state index contributed by atoms with van der Waals surface area (Å²) in [5.41, 5.74) is 1.70. The Kier molecular flexibility index (Phi) is 3.05. The van der Waals surface area contributed by atoms with Crippen LogP contribution in [0.4, 0.5) is 13.2 Å². The van der Waals surface area contributed by atoms with Crippen molar-refractivity contribution in [1.82, 2.24) is 9.88 Å². The van der Waals surface area contributed by atoms with Crippen molar-refractivity contribution in [2.75, 3.05) is 14.1 Å². The van der Waals surface area contributed by atoms with E-state index >= 15 is 0 Å². The molecule has 0 fully saturated rings. The first-order valence-electron chi connectivity index (χ1n) is 6.74. The first kappa shape index (κ1) is 13.5. The quantitative estimate of drug-likeness (QED) is 0.846. The second-order valence-electron chi connectivity index (χ2n) is 5.67. The van der Waals surface area contributed by atoms with Crippen molar-refractivity contribution in [2.45, 2.75) is 31.5 Å². The molecule has 1 N–H and O–H groups in total. The van der Waals surface area contributed by atoms with E-state index in [9.17, 15) is 13.2 Å². The molecule has 0 spiro atoms. The Labute approximate surface area is 115 Å². The smallest absolute Gasteiger partial charge is 0.358 e. The van der Waals surface area contributed by atoms with Crippen LogP contribution in [0.2, 0.25) is 0 Å². The van der Waals surface area contributed by atoms with Gasteiger partial charge in [0, 0.05) is 17.1 Å². The second kappa shape index (κ2) is 4.52. The second-order valence-corrected chi connectivity index (χ2v) is 5.67. The summed E-state index contributed by atoms with van der Waals surface area (Å²) in [5, 5.41) is 0.723. The maximum atomic E-state index is 13.1. The van der Waals surface area contributed by atoms with Gasteiger partial charge in [0.05, 0.1) is 11.1 Å². The van der Waals surface area contributed by atoms with E-state index in [0.717, 1.165) is 42.0 Å². The molecule has 3 rings (SSSR count). The van der Waals surface area contributed by atoms with Crippen LogP contribution in [0.25, 0.3) is 10.9 Å². The third-order valence-corrected chi connectivity index (χ3v) is 4.23. The van der Waals surface area contributed by atoms with E-state index in [4.69, 9.17) is 0 Å². The number of aromatic amines is 1. The molecule has 0 saturated carbocycles. The molecule has 0 bridgehead atoms. The Morgan fingerprint density at radius 3 is 2.65 bits per heavy atom. The Balaban J connectivity index is 2.14. The number of para-hydroxylation sites is 1. The number of fused-ring (bicyclic) bond motifs is 3. The summed E-state index contributed by atoms with van der Waals surface area (Å²) in [6, 6.07) is 4.83. The number of H-pyrrole nitrogens is 1. The third kappa shape index (κ3) is 2.10. The highest BCUT2D eigenvalue weighted by Gasteiger charge is 2.34. The molecule has 2 aromatic rings. The van der Waals surface area contributed by atoms with Gasteiger partial charge >= 0.3 is 6.18 Å². The molecule has 0 amide bonds. The number of alkyl halides is 3. The number of rotatable bonds is 1. The number of aryl methyl sites for hydroxylation is 1. The summed E-state index contributed by atoms with van der Waals surface area (Å²) < 4.78 is 39.2. The number of benzene rings is 1. The normalized spacial score (nSPS) is 19.6. The fourth-order valence-corrected chi connectivity index (χ4v) is 3.10. The van der Waals surface area contributed by atoms with Crippen LogP contribution in [0.3, 0.4) is 0 Å². The average Bonchev–Trinajstić information content (AvgIpc) is 2.74. The molecular weight excluding hydrogens is 265 g/mol. The van der Waals surface area contributed by atoms with Gasteiger partial charge in [-0.15, -0.1) is 0 Å². The third-order valence-electron chi connectivity index (χ3n) is 4.23. The largest absolute Gasteiger partial charge is 0.418 e. The Morgan fingerprint density at radius 1 is 1.25 bits per heavy atom. The maximum absolute atomic E-state index is 13.1. The fourth-order valence-electron chi connectivity index (χ4n) is 3.10. The van der Waals surface area contributed by atoms with Crippen molar-refractivity contribution in [2.24, 2.45) is 0 Å². The van der Waals surface area contributed by atoms with Gasteiger partial charge in [0.15, 0.2) is 0 Å². The van der Waals surface area contributed by atoms with Crippen LogP contribution in [0.1, 0.15) is 23.2 Å². The summed E-state index contributed by atoms with van der Waals surface area (Å²) >= 11 is 0. The first-order chi connectivity index (χ1) is 9.38. The standard InChI is InChI=1S/C15H17F3N2/c1-20(2)9-6-7-13-11(8-9)10-4-3-5-12(14(10)19-13)15(16,17)18/h3-5,9,19H,6-8H2,1-2H3/t9-/m1/s1. The number of nitrogens with zero attached hydrogens (tertiary/aromatic N) is 1. The van der Waals surface area contributed by atoms with Gasteiger partial charge in [-0.05, 0) is 45.0 Å². The predicted octanol–water partition coefficient (Wildman–Crippen LogP) is 3.61. The summed E-state index contributed by atoms with van der Waals surface area (Å²) in [5.74, 6) is 0. The molecule has 0 radical (unpaired) electrons. The van der Waals surface area contributed by atoms with Crippen molar-refractivity contribution in [3.8, 4) is 0 Å². The highest BCUT2D eigenvalue weighted by atomic mass is 19.4. The lowest BCUT2D eigenvalue weighted by molar-refractivity contribution is -0.136. The molecule has 20 heavy (non-hydrogen) atoms. The van der Waals surface area contributed by atoms with Crippen LogP contribution >= 0.6 is 0 Å². The van der Waals surface area contributed by atoms with Crippen LogP contribution in [0, 0.1) is 0 Å². The van der Waals surface area contributed by atoms with E-state index in [0.29, 0.717) is 6.04 Å². The summed E-state index contributed by atoms with van der Waals surface area (Å²) in [6.45, 7) is 0. The number of nitrogens with one attached hydrogen (secondary N) is 1. The van der Waals surface area contributed by atoms with E-state index in [-0.39, 0.29) is 5.52 Å². The van der Waals surface area contributed by atoms with Crippen molar-refractivity contribution >= 4 is 10.9 Å². The Bertz CT molecular complexity index is 640. The minimum absolute atomic E-state index is 0.240. The van der Waals surface area contributed by atoms with Gasteiger partial charge < -0.3 is 9.88 Å². The van der Waals surface area contributed by atoms with Crippen LogP contribution in [-0.4, -0.2) is 30.0 Å². The predicted molar refractivity (Wildman–Crippen MR) is 72.8 cm³/mol. The van der Waals surface area contributed by atoms with Crippen LogP contribution in [0.15, 0.2) is 18.2 Å². The van der Waals surface area contributed by atoms with E-state index in [1.165, 1.54) is 6.07 Å². The maximum Gasteiger partial charge on any atom is 0.418 e. The number of halogens is 3. The minimum Gasteiger partial charge on any atom is -0.358 e. The highest BCUT2D eigenvalue weighted by molar-refractivity contribution is 5.88. The summed E-state index contributed by atoms with van der Waals surface area (Å²) in [6.07, 6.45) is -1.71. The van der Waals surface area contributed by atoms with Crippen LogP contribution < -0.4 is 0 Å². The van der Waals surface area contributed by atoms with Gasteiger partial charge in [-0.3, -0.25) is 0 Å². The van der Waals surface area contributed by atoms with Crippen LogP contribution in [-0.2, 0) is 19.0 Å². The zero-order chi connectivity index (χ0) is 14.5. The van der Waals surface area contributed by atoms with Gasteiger partial charge in [-0.1, -0.05) is 12.1 Å². The van der Waals surface area contributed by atoms with Crippen molar-refractivity contribution in [3.05, 3.63) is 35.0 Å². The SMILES string of the molecule is CN(C)[C@@H]1CCc2[nH]c3c(C(F)(F)F)cccc3c2C1. The van der Waals surface area contributed by atoms with E-state index in [1.807, 2.05) is 14.1 Å². The Morgan fingerprint density at radius 2 is 2.00 bits per heavy atom. The molecule has 108 valence electrons. The monoisotopic (exact) mass is 282 g/mol. The molecule has 5 heteroatoms. The highest BCUT2D eigenvalue weighted by Crippen LogP contribution is 2.38. The number of likely N-dealkylation sites (N-methyl/N-ethyl adjacent to an activating group) is 1. The fraction of sp³-hybridized carbons (Fsp3) is 0.467. The molecule has 1 atom stereocenters. The minimum atomic E-state index is -4.31. The molecule has 0 aliphatic heterocycles.